The molecule has 0 amide bonds. The highest BCUT2D eigenvalue weighted by Gasteiger charge is 2.51. The summed E-state index contributed by atoms with van der Waals surface area (Å²) >= 11 is 5.88. The molecule has 0 unspecified atom stereocenters. The fourth-order valence-electron chi connectivity index (χ4n) is 4.97. The number of aryl methyl sites for hydroxylation is 1. The first-order valence-electron chi connectivity index (χ1n) is 10.5. The van der Waals surface area contributed by atoms with Gasteiger partial charge in [-0.3, -0.25) is 10.3 Å². The van der Waals surface area contributed by atoms with E-state index in [1.807, 2.05) is 17.0 Å². The molecule has 156 valence electrons. The molecule has 1 aromatic rings. The van der Waals surface area contributed by atoms with Crippen LogP contribution in [0, 0.1) is 29.1 Å². The molecule has 3 aliphatic heterocycles. The molecule has 6 nitrogen and oxygen atoms in total. The Hall–Kier alpha value is -2.65. The minimum atomic E-state index is -0.511. The predicted octanol–water partition coefficient (Wildman–Crippen LogP) is 3.36. The fourth-order valence-corrected chi connectivity index (χ4v) is 5.37. The summed E-state index contributed by atoms with van der Waals surface area (Å²) < 4.78 is 0. The molecule has 0 radical (unpaired) electrons. The van der Waals surface area contributed by atoms with Crippen molar-refractivity contribution in [2.45, 2.75) is 39.7 Å². The van der Waals surface area contributed by atoms with Crippen LogP contribution in [0.2, 0.25) is 0 Å². The molecule has 7 heteroatoms. The zero-order chi connectivity index (χ0) is 21.5. The van der Waals surface area contributed by atoms with Crippen LogP contribution in [-0.2, 0) is 0 Å². The number of piperidine rings is 1. The van der Waals surface area contributed by atoms with Gasteiger partial charge in [0, 0.05) is 17.1 Å². The summed E-state index contributed by atoms with van der Waals surface area (Å²) in [6.45, 7) is 9.43. The van der Waals surface area contributed by atoms with Crippen LogP contribution in [0.1, 0.15) is 32.3 Å². The number of benzene rings is 1. The van der Waals surface area contributed by atoms with Crippen molar-refractivity contribution in [3.63, 3.8) is 0 Å². The van der Waals surface area contributed by atoms with E-state index in [4.69, 9.17) is 17.6 Å². The van der Waals surface area contributed by atoms with Crippen molar-refractivity contribution in [2.75, 3.05) is 31.3 Å². The zero-order valence-electron chi connectivity index (χ0n) is 17.8. The monoisotopic (exact) mass is 420 g/mol. The van der Waals surface area contributed by atoms with Crippen LogP contribution in [0.3, 0.4) is 0 Å². The highest BCUT2D eigenvalue weighted by atomic mass is 32.1. The molecule has 0 atom stereocenters. The number of hydrogen-bond acceptors (Lipinski definition) is 6. The van der Waals surface area contributed by atoms with Crippen LogP contribution in [0.15, 0.2) is 41.2 Å². The van der Waals surface area contributed by atoms with Crippen LogP contribution in [0.4, 0.5) is 5.69 Å². The number of likely N-dealkylation sites (tertiary alicyclic amines) is 1. The van der Waals surface area contributed by atoms with Gasteiger partial charge >= 0.3 is 0 Å². The van der Waals surface area contributed by atoms with Crippen molar-refractivity contribution in [3.8, 4) is 6.07 Å². The van der Waals surface area contributed by atoms with Crippen molar-refractivity contribution in [3.05, 3.63) is 46.8 Å². The molecule has 30 heavy (non-hydrogen) atoms. The van der Waals surface area contributed by atoms with Gasteiger partial charge in [0.2, 0.25) is 0 Å². The van der Waals surface area contributed by atoms with Gasteiger partial charge in [0.05, 0.1) is 30.6 Å². The van der Waals surface area contributed by atoms with Gasteiger partial charge in [-0.2, -0.15) is 5.26 Å². The second kappa shape index (κ2) is 7.88. The van der Waals surface area contributed by atoms with E-state index in [9.17, 15) is 5.26 Å². The summed E-state index contributed by atoms with van der Waals surface area (Å²) in [4.78, 5) is 7.22. The van der Waals surface area contributed by atoms with Crippen LogP contribution < -0.4 is 10.2 Å². The molecular weight excluding hydrogens is 392 g/mol. The summed E-state index contributed by atoms with van der Waals surface area (Å²) in [5.74, 6) is 3.46. The van der Waals surface area contributed by atoms with Crippen molar-refractivity contribution in [1.29, 1.82) is 10.7 Å². The van der Waals surface area contributed by atoms with E-state index in [-0.39, 0.29) is 0 Å². The minimum absolute atomic E-state index is 0.468. The van der Waals surface area contributed by atoms with E-state index in [1.165, 1.54) is 5.56 Å². The molecule has 0 aliphatic carbocycles. The quantitative estimate of drug-likeness (QED) is 0.434. The Labute approximate surface area is 184 Å². The molecular formula is C23H28N6S. The summed E-state index contributed by atoms with van der Waals surface area (Å²) in [6.07, 6.45) is 1.58. The van der Waals surface area contributed by atoms with Crippen molar-refractivity contribution < 1.29 is 0 Å². The van der Waals surface area contributed by atoms with Crippen LogP contribution in [0.25, 0.3) is 0 Å². The molecule has 2 saturated heterocycles. The smallest absolute Gasteiger partial charge is 0.124 e. The maximum Gasteiger partial charge on any atom is 0.124 e. The third-order valence-electron chi connectivity index (χ3n) is 6.75. The Morgan fingerprint density at radius 2 is 1.93 bits per heavy atom. The largest absolute Gasteiger partial charge is 0.353 e. The summed E-state index contributed by atoms with van der Waals surface area (Å²) in [5, 5.41) is 21.7. The molecule has 4 rings (SSSR count). The lowest BCUT2D eigenvalue weighted by atomic mass is 9.65. The van der Waals surface area contributed by atoms with Gasteiger partial charge in [-0.15, -0.1) is 0 Å². The topological polar surface area (TPSA) is 69.4 Å². The molecule has 0 aromatic heterocycles. The molecule has 3 aliphatic rings. The number of fused-ring (bicyclic) bond motifs is 1. The van der Waals surface area contributed by atoms with Gasteiger partial charge < -0.3 is 15.1 Å². The minimum Gasteiger partial charge on any atom is -0.353 e. The molecule has 3 heterocycles. The predicted molar refractivity (Wildman–Crippen MR) is 123 cm³/mol. The van der Waals surface area contributed by atoms with E-state index in [1.54, 1.807) is 0 Å². The van der Waals surface area contributed by atoms with Crippen molar-refractivity contribution >= 4 is 28.8 Å². The Bertz CT molecular complexity index is 989. The van der Waals surface area contributed by atoms with Crippen molar-refractivity contribution in [2.24, 2.45) is 5.41 Å². The second-order valence-electron chi connectivity index (χ2n) is 8.58. The number of anilines is 1. The third-order valence-corrected chi connectivity index (χ3v) is 7.17. The Balaban J connectivity index is 1.73. The SMILES string of the molecule is Cc1ccccc1N1CNC2=C(C#N)C3(CCN(C(C)C)CC3)C(=C=N)C(=S)N2C1. The number of para-hydroxylation sites is 1. The summed E-state index contributed by atoms with van der Waals surface area (Å²) in [5.41, 5.74) is 3.21. The molecule has 1 spiro atoms. The normalized spacial score (nSPS) is 21.4. The maximum atomic E-state index is 10.2. The van der Waals surface area contributed by atoms with Crippen LogP contribution in [0.5, 0.6) is 0 Å². The van der Waals surface area contributed by atoms with Gasteiger partial charge in [0.25, 0.3) is 0 Å². The zero-order valence-corrected chi connectivity index (χ0v) is 18.6. The number of thiocarbonyl (C=S) groups is 1. The number of hydrogen-bond donors (Lipinski definition) is 2. The molecule has 0 bridgehead atoms. The molecule has 1 aromatic carbocycles. The lowest BCUT2D eigenvalue weighted by Gasteiger charge is -2.51. The van der Waals surface area contributed by atoms with Crippen LogP contribution in [-0.4, -0.2) is 53.1 Å². The van der Waals surface area contributed by atoms with Gasteiger partial charge in [-0.1, -0.05) is 30.4 Å². The van der Waals surface area contributed by atoms with Gasteiger partial charge in [-0.05, 0) is 64.2 Å². The maximum absolute atomic E-state index is 10.2. The lowest BCUT2D eigenvalue weighted by molar-refractivity contribution is 0.126. The van der Waals surface area contributed by atoms with Gasteiger partial charge in [0.15, 0.2) is 0 Å². The Kier molecular flexibility index (Phi) is 5.42. The van der Waals surface area contributed by atoms with E-state index in [0.717, 1.165) is 37.4 Å². The first-order valence-corrected chi connectivity index (χ1v) is 10.9. The first kappa shape index (κ1) is 20.6. The van der Waals surface area contributed by atoms with E-state index in [2.05, 4.69) is 60.0 Å². The van der Waals surface area contributed by atoms with Gasteiger partial charge in [-0.25, -0.2) is 0 Å². The summed E-state index contributed by atoms with van der Waals surface area (Å²) in [6, 6.07) is 11.2. The molecule has 0 saturated carbocycles. The Morgan fingerprint density at radius 1 is 1.23 bits per heavy atom. The first-order chi connectivity index (χ1) is 14.4. The fraction of sp³-hybridized carbons (Fsp3) is 0.478. The Morgan fingerprint density at radius 3 is 2.53 bits per heavy atom. The average Bonchev–Trinajstić information content (AvgIpc) is 2.75. The number of nitrogens with zero attached hydrogens (tertiary/aromatic N) is 4. The highest BCUT2D eigenvalue weighted by molar-refractivity contribution is 7.80. The third kappa shape index (κ3) is 3.13. The average molecular weight is 421 g/mol. The lowest BCUT2D eigenvalue weighted by Crippen LogP contribution is -2.59. The van der Waals surface area contributed by atoms with Crippen LogP contribution >= 0.6 is 12.2 Å². The highest BCUT2D eigenvalue weighted by Crippen LogP contribution is 2.50. The second-order valence-corrected chi connectivity index (χ2v) is 8.97. The van der Waals surface area contributed by atoms with Gasteiger partial charge in [0.1, 0.15) is 10.8 Å². The molecule has 2 N–H and O–H groups in total. The number of nitrogens with one attached hydrogen (secondary N) is 2. The standard InChI is InChI=1S/C23H28N6S/c1-16(2)27-10-8-23(9-11-27)18(12-24)21-26-14-28(20-7-5-4-6-17(20)3)15-29(21)22(30)19(23)13-25/h4-7,16,25-26H,8-11,14-15H2,1-3H3. The molecule has 2 fully saturated rings. The summed E-state index contributed by atoms with van der Waals surface area (Å²) in [7, 11) is 0. The number of nitriles is 1. The van der Waals surface area contributed by atoms with E-state index >= 15 is 0 Å². The number of allylic oxidation sites excluding steroid dienone is 1. The van der Waals surface area contributed by atoms with E-state index in [0.29, 0.717) is 35.5 Å². The van der Waals surface area contributed by atoms with Crippen molar-refractivity contribution in [1.82, 2.24) is 15.1 Å². The van der Waals surface area contributed by atoms with E-state index < -0.39 is 5.41 Å². The number of rotatable bonds is 2.